The highest BCUT2D eigenvalue weighted by atomic mass is 32.1. The molecule has 0 spiro atoms. The fourth-order valence-electron chi connectivity index (χ4n) is 8.78. The van der Waals surface area contributed by atoms with E-state index in [4.69, 9.17) is 15.0 Å². The largest absolute Gasteiger partial charge is 0.208 e. The van der Waals surface area contributed by atoms with Crippen molar-refractivity contribution in [1.82, 2.24) is 15.0 Å². The van der Waals surface area contributed by atoms with Crippen molar-refractivity contribution in [2.45, 2.75) is 0 Å². The minimum absolute atomic E-state index is 0.633. The maximum absolute atomic E-state index is 5.47. The minimum atomic E-state index is 0.633. The lowest BCUT2D eigenvalue weighted by Crippen LogP contribution is -2.02. The summed E-state index contributed by atoms with van der Waals surface area (Å²) >= 11 is 3.59. The van der Waals surface area contributed by atoms with Crippen LogP contribution in [0.5, 0.6) is 0 Å². The molecule has 60 heavy (non-hydrogen) atoms. The van der Waals surface area contributed by atoms with E-state index in [1.165, 1.54) is 56.7 Å². The highest BCUT2D eigenvalue weighted by Crippen LogP contribution is 2.45. The molecule has 0 amide bonds. The molecular formula is C55H33N3S2. The molecule has 9 aromatic carbocycles. The first-order valence-electron chi connectivity index (χ1n) is 20.1. The number of nitrogens with zero attached hydrogens (tertiary/aromatic N) is 3. The Balaban J connectivity index is 1.16. The Bertz CT molecular complexity index is 3480. The van der Waals surface area contributed by atoms with Gasteiger partial charge in [-0.3, -0.25) is 0 Å². The van der Waals surface area contributed by atoms with E-state index in [-0.39, 0.29) is 0 Å². The van der Waals surface area contributed by atoms with Crippen LogP contribution in [0.1, 0.15) is 0 Å². The Hall–Kier alpha value is -7.31. The monoisotopic (exact) mass is 799 g/mol. The normalized spacial score (nSPS) is 11.7. The third-order valence-electron chi connectivity index (χ3n) is 11.6. The summed E-state index contributed by atoms with van der Waals surface area (Å²) in [5.74, 6) is 1.95. The minimum Gasteiger partial charge on any atom is -0.208 e. The molecule has 3 heterocycles. The zero-order valence-corrected chi connectivity index (χ0v) is 33.8. The van der Waals surface area contributed by atoms with Gasteiger partial charge >= 0.3 is 0 Å². The first-order chi connectivity index (χ1) is 29.7. The summed E-state index contributed by atoms with van der Waals surface area (Å²) < 4.78 is 4.83. The molecule has 0 saturated carbocycles. The zero-order chi connectivity index (χ0) is 39.6. The van der Waals surface area contributed by atoms with E-state index >= 15 is 0 Å². The van der Waals surface area contributed by atoms with Crippen LogP contribution >= 0.6 is 22.7 Å². The number of aromatic nitrogens is 3. The summed E-state index contributed by atoms with van der Waals surface area (Å²) in [6, 6.07) is 71.6. The summed E-state index contributed by atoms with van der Waals surface area (Å²) in [4.78, 5) is 16.3. The second-order valence-electron chi connectivity index (χ2n) is 15.1. The van der Waals surface area contributed by atoms with E-state index in [2.05, 4.69) is 200 Å². The Morgan fingerprint density at radius 3 is 1.40 bits per heavy atom. The van der Waals surface area contributed by atoms with Gasteiger partial charge < -0.3 is 0 Å². The van der Waals surface area contributed by atoms with Crippen molar-refractivity contribution >= 4 is 73.8 Å². The summed E-state index contributed by atoms with van der Waals surface area (Å²) in [6.07, 6.45) is 0. The maximum Gasteiger partial charge on any atom is 0.165 e. The van der Waals surface area contributed by atoms with Gasteiger partial charge in [0.15, 0.2) is 17.5 Å². The second-order valence-corrected chi connectivity index (χ2v) is 17.2. The van der Waals surface area contributed by atoms with Crippen molar-refractivity contribution in [3.8, 4) is 67.5 Å². The van der Waals surface area contributed by atoms with E-state index in [9.17, 15) is 0 Å². The molecule has 12 aromatic rings. The molecule has 0 fully saturated rings. The van der Waals surface area contributed by atoms with Crippen LogP contribution in [0.3, 0.4) is 0 Å². The number of thiophene rings is 2. The quantitative estimate of drug-likeness (QED) is 0.168. The smallest absolute Gasteiger partial charge is 0.165 e. The van der Waals surface area contributed by atoms with Crippen molar-refractivity contribution in [3.63, 3.8) is 0 Å². The van der Waals surface area contributed by atoms with Gasteiger partial charge in [0.05, 0.1) is 0 Å². The van der Waals surface area contributed by atoms with Crippen molar-refractivity contribution < 1.29 is 0 Å². The SMILES string of the molecule is c1ccc(-c2ccccc2-c2cc(-c3cccc4ccccc34)ccc2-c2nc(-c3cccc4c3sc3ccccc34)nc(-c3cccc4c3sc3ccccc34)n2)cc1. The molecule has 0 N–H and O–H groups in total. The summed E-state index contributed by atoms with van der Waals surface area (Å²) in [7, 11) is 0. The molecule has 0 radical (unpaired) electrons. The summed E-state index contributed by atoms with van der Waals surface area (Å²) in [5, 5.41) is 7.33. The highest BCUT2D eigenvalue weighted by Gasteiger charge is 2.22. The van der Waals surface area contributed by atoms with Gasteiger partial charge in [-0.05, 0) is 80.6 Å². The van der Waals surface area contributed by atoms with Gasteiger partial charge in [0, 0.05) is 57.0 Å². The predicted octanol–water partition coefficient (Wildman–Crippen LogP) is 15.8. The summed E-state index contributed by atoms with van der Waals surface area (Å²) in [6.45, 7) is 0. The van der Waals surface area contributed by atoms with Crippen LogP contribution in [0.2, 0.25) is 0 Å². The number of rotatable bonds is 6. The third kappa shape index (κ3) is 5.74. The lowest BCUT2D eigenvalue weighted by Gasteiger charge is -2.17. The zero-order valence-electron chi connectivity index (χ0n) is 32.2. The van der Waals surface area contributed by atoms with Crippen LogP contribution in [0.25, 0.3) is 119 Å². The molecule has 12 rings (SSSR count). The lowest BCUT2D eigenvalue weighted by atomic mass is 9.88. The van der Waals surface area contributed by atoms with Gasteiger partial charge in [-0.1, -0.05) is 164 Å². The second kappa shape index (κ2) is 14.2. The molecule has 0 bridgehead atoms. The lowest BCUT2D eigenvalue weighted by molar-refractivity contribution is 1.08. The van der Waals surface area contributed by atoms with Gasteiger partial charge in [-0.15, -0.1) is 22.7 Å². The molecule has 0 aliphatic heterocycles. The molecule has 0 aliphatic rings. The Morgan fingerprint density at radius 2 is 0.733 bits per heavy atom. The van der Waals surface area contributed by atoms with Crippen LogP contribution in [-0.2, 0) is 0 Å². The highest BCUT2D eigenvalue weighted by molar-refractivity contribution is 7.26. The molecule has 0 saturated heterocycles. The molecular weight excluding hydrogens is 767 g/mol. The molecule has 5 heteroatoms. The van der Waals surface area contributed by atoms with Crippen LogP contribution in [0.4, 0.5) is 0 Å². The Labute approximate surface area is 354 Å². The van der Waals surface area contributed by atoms with Crippen LogP contribution in [0.15, 0.2) is 200 Å². The Morgan fingerprint density at radius 1 is 0.267 bits per heavy atom. The number of fused-ring (bicyclic) bond motifs is 7. The van der Waals surface area contributed by atoms with E-state index in [1.54, 1.807) is 22.7 Å². The first kappa shape index (κ1) is 34.7. The van der Waals surface area contributed by atoms with E-state index in [1.807, 2.05) is 0 Å². The van der Waals surface area contributed by atoms with Gasteiger partial charge in [0.2, 0.25) is 0 Å². The maximum atomic E-state index is 5.47. The standard InChI is InChI=1S/C55H33N3S2/c1-2-15-34(16-3-1)38-20-6-7-21-40(38)48-33-36(39-24-12-18-35-17-4-5-19-37(35)39)31-32-45(48)53-56-54(46-27-13-25-43-41-22-8-10-29-49(41)59-51(43)46)58-55(57-53)47-28-14-26-44-42-23-9-11-30-50(42)60-52(44)47/h1-33H. The molecule has 280 valence electrons. The average molecular weight is 800 g/mol. The average Bonchev–Trinajstić information content (AvgIpc) is 3.90. The molecule has 0 unspecified atom stereocenters. The predicted molar refractivity (Wildman–Crippen MR) is 256 cm³/mol. The van der Waals surface area contributed by atoms with Gasteiger partial charge in [0.25, 0.3) is 0 Å². The topological polar surface area (TPSA) is 38.7 Å². The van der Waals surface area contributed by atoms with E-state index in [0.29, 0.717) is 17.5 Å². The van der Waals surface area contributed by atoms with Crippen LogP contribution in [-0.4, -0.2) is 15.0 Å². The van der Waals surface area contributed by atoms with Crippen LogP contribution in [0, 0.1) is 0 Å². The number of hydrogen-bond acceptors (Lipinski definition) is 5. The van der Waals surface area contributed by atoms with Crippen molar-refractivity contribution in [3.05, 3.63) is 200 Å². The molecule has 3 aromatic heterocycles. The van der Waals surface area contributed by atoms with Gasteiger partial charge in [-0.2, -0.15) is 0 Å². The van der Waals surface area contributed by atoms with Crippen molar-refractivity contribution in [1.29, 1.82) is 0 Å². The number of benzene rings is 9. The van der Waals surface area contributed by atoms with Crippen molar-refractivity contribution in [2.75, 3.05) is 0 Å². The van der Waals surface area contributed by atoms with E-state index in [0.717, 1.165) is 44.5 Å². The van der Waals surface area contributed by atoms with Gasteiger partial charge in [0.1, 0.15) is 0 Å². The summed E-state index contributed by atoms with van der Waals surface area (Å²) in [5.41, 5.74) is 9.73. The first-order valence-corrected chi connectivity index (χ1v) is 21.7. The fourth-order valence-corrected chi connectivity index (χ4v) is 11.2. The number of hydrogen-bond donors (Lipinski definition) is 0. The van der Waals surface area contributed by atoms with E-state index < -0.39 is 0 Å². The van der Waals surface area contributed by atoms with Gasteiger partial charge in [-0.25, -0.2) is 15.0 Å². The molecule has 0 aliphatic carbocycles. The fraction of sp³-hybridized carbons (Fsp3) is 0. The molecule has 3 nitrogen and oxygen atoms in total. The molecule has 0 atom stereocenters. The Kier molecular flexibility index (Phi) is 8.22. The van der Waals surface area contributed by atoms with Crippen LogP contribution < -0.4 is 0 Å². The van der Waals surface area contributed by atoms with Crippen molar-refractivity contribution in [2.24, 2.45) is 0 Å². The third-order valence-corrected chi connectivity index (χ3v) is 14.0.